The Morgan fingerprint density at radius 2 is 1.19 bits per heavy atom. The first-order chi connectivity index (χ1) is 7.74. The molecule has 0 aliphatic carbocycles. The van der Waals surface area contributed by atoms with Crippen LogP contribution >= 0.6 is 11.6 Å². The Labute approximate surface area is 111 Å². The Hall–Kier alpha value is 0.649. The first kappa shape index (κ1) is 16.6. The topological polar surface area (TPSA) is 0 Å². The quantitative estimate of drug-likeness (QED) is 0.422. The van der Waals surface area contributed by atoms with Crippen molar-refractivity contribution < 1.29 is 0 Å². The molecule has 0 unspecified atom stereocenters. The average molecular weight is 343 g/mol. The van der Waals surface area contributed by atoms with Gasteiger partial charge in [-0.05, 0) is 0 Å². The summed E-state index contributed by atoms with van der Waals surface area (Å²) in [4.78, 5) is 0. The molecule has 0 aliphatic rings. The van der Waals surface area contributed by atoms with E-state index in [1.165, 1.54) is 13.3 Å². The molecule has 0 rings (SSSR count). The SMILES string of the molecule is [CH]CC[CH2][Sn]([C]#CCl)([CH2]CC[CH])[CH2]CC[CH]. The molecule has 0 saturated carbocycles. The summed E-state index contributed by atoms with van der Waals surface area (Å²) in [6, 6.07) is 0. The van der Waals surface area contributed by atoms with Gasteiger partial charge in [-0.3, -0.25) is 0 Å². The summed E-state index contributed by atoms with van der Waals surface area (Å²) in [5, 5.41) is 2.63. The van der Waals surface area contributed by atoms with Crippen LogP contribution in [0.2, 0.25) is 13.3 Å². The maximum atomic E-state index is 5.62. The molecule has 0 fully saturated rings. The molecule has 0 bridgehead atoms. The van der Waals surface area contributed by atoms with Crippen LogP contribution in [-0.2, 0) is 0 Å². The zero-order valence-electron chi connectivity index (χ0n) is 9.97. The summed E-state index contributed by atoms with van der Waals surface area (Å²) in [6.45, 7) is 16.8. The van der Waals surface area contributed by atoms with E-state index in [1.807, 2.05) is 0 Å². The fourth-order valence-corrected chi connectivity index (χ4v) is 14.7. The summed E-state index contributed by atoms with van der Waals surface area (Å²) in [7, 11) is 0. The van der Waals surface area contributed by atoms with Crippen LogP contribution in [-0.4, -0.2) is 18.4 Å². The molecule has 0 aliphatic heterocycles. The van der Waals surface area contributed by atoms with E-state index in [-0.39, 0.29) is 0 Å². The van der Waals surface area contributed by atoms with Crippen molar-refractivity contribution in [1.82, 2.24) is 0 Å². The van der Waals surface area contributed by atoms with Gasteiger partial charge in [0.15, 0.2) is 0 Å². The molecular weight excluding hydrogens is 322 g/mol. The predicted octanol–water partition coefficient (Wildman–Crippen LogP) is 4.65. The van der Waals surface area contributed by atoms with Gasteiger partial charge in [0.25, 0.3) is 0 Å². The molecule has 0 heterocycles. The van der Waals surface area contributed by atoms with Crippen molar-refractivity contribution >= 4 is 30.0 Å². The summed E-state index contributed by atoms with van der Waals surface area (Å²) in [5.41, 5.74) is 0. The Bertz CT molecular complexity index is 193. The molecule has 0 amide bonds. The van der Waals surface area contributed by atoms with Crippen molar-refractivity contribution in [1.29, 1.82) is 0 Å². The van der Waals surface area contributed by atoms with Crippen LogP contribution in [0.4, 0.5) is 0 Å². The summed E-state index contributed by atoms with van der Waals surface area (Å²) < 4.78 is 6.96. The molecular formula is C14H21ClSn. The fourth-order valence-electron chi connectivity index (χ4n) is 1.98. The second-order valence-corrected chi connectivity index (χ2v) is 16.7. The Morgan fingerprint density at radius 1 is 0.812 bits per heavy atom. The van der Waals surface area contributed by atoms with E-state index in [4.69, 9.17) is 32.4 Å². The van der Waals surface area contributed by atoms with E-state index >= 15 is 0 Å². The van der Waals surface area contributed by atoms with Crippen LogP contribution < -0.4 is 0 Å². The minimum absolute atomic E-state index is 0.744. The molecule has 0 aromatic heterocycles. The van der Waals surface area contributed by atoms with E-state index in [0.29, 0.717) is 0 Å². The van der Waals surface area contributed by atoms with Gasteiger partial charge in [0.2, 0.25) is 0 Å². The van der Waals surface area contributed by atoms with Crippen LogP contribution in [0.25, 0.3) is 0 Å². The van der Waals surface area contributed by atoms with E-state index in [1.54, 1.807) is 0 Å². The van der Waals surface area contributed by atoms with E-state index < -0.39 is 18.4 Å². The van der Waals surface area contributed by atoms with Gasteiger partial charge in [0.05, 0.1) is 0 Å². The number of hydrogen-bond acceptors (Lipinski definition) is 0. The summed E-state index contributed by atoms with van der Waals surface area (Å²) in [6.07, 6.45) is 5.43. The van der Waals surface area contributed by atoms with Crippen LogP contribution in [0.5, 0.6) is 0 Å². The number of unbranched alkanes of at least 4 members (excludes halogenated alkanes) is 3. The maximum absolute atomic E-state index is 5.62. The van der Waals surface area contributed by atoms with Crippen molar-refractivity contribution in [3.63, 3.8) is 0 Å². The average Bonchev–Trinajstić information content (AvgIpc) is 2.31. The zero-order chi connectivity index (χ0) is 12.3. The molecule has 16 heavy (non-hydrogen) atoms. The van der Waals surface area contributed by atoms with E-state index in [9.17, 15) is 0 Å². The molecule has 2 heteroatoms. The van der Waals surface area contributed by atoms with Crippen molar-refractivity contribution in [2.45, 2.75) is 51.8 Å². The van der Waals surface area contributed by atoms with Gasteiger partial charge in [0.1, 0.15) is 0 Å². The van der Waals surface area contributed by atoms with Gasteiger partial charge >= 0.3 is 112 Å². The molecule has 0 nitrogen and oxygen atoms in total. The Balaban J connectivity index is 4.50. The fraction of sp³-hybridized carbons (Fsp3) is 0.643. The molecule has 88 valence electrons. The molecule has 6 radical (unpaired) electrons. The standard InChI is InChI=1S/3C4H7.C2Cl.Sn/c3*1-3-4-2;1-2-3;/h3*1H,2-4H2;;. The molecule has 0 aromatic carbocycles. The zero-order valence-corrected chi connectivity index (χ0v) is 13.6. The monoisotopic (exact) mass is 344 g/mol. The van der Waals surface area contributed by atoms with Gasteiger partial charge in [-0.25, -0.2) is 0 Å². The van der Waals surface area contributed by atoms with Gasteiger partial charge in [-0.2, -0.15) is 0 Å². The molecule has 0 aromatic rings. The summed E-state index contributed by atoms with van der Waals surface area (Å²) in [5.74, 6) is 0. The van der Waals surface area contributed by atoms with E-state index in [2.05, 4.69) is 9.32 Å². The second-order valence-electron chi connectivity index (χ2n) is 4.18. The number of halogens is 1. The third-order valence-electron chi connectivity index (χ3n) is 2.89. The van der Waals surface area contributed by atoms with Crippen molar-refractivity contribution in [2.75, 3.05) is 0 Å². The van der Waals surface area contributed by atoms with E-state index in [0.717, 1.165) is 38.5 Å². The number of rotatable bonds is 9. The van der Waals surface area contributed by atoms with Gasteiger partial charge in [-0.1, -0.05) is 0 Å². The van der Waals surface area contributed by atoms with Crippen LogP contribution in [0.1, 0.15) is 38.5 Å². The summed E-state index contributed by atoms with van der Waals surface area (Å²) >= 11 is 3.23. The van der Waals surface area contributed by atoms with Gasteiger partial charge in [0, 0.05) is 0 Å². The van der Waals surface area contributed by atoms with Crippen LogP contribution in [0.3, 0.4) is 0 Å². The third kappa shape index (κ3) is 7.07. The van der Waals surface area contributed by atoms with Crippen LogP contribution in [0, 0.1) is 30.1 Å². The van der Waals surface area contributed by atoms with Gasteiger partial charge < -0.3 is 0 Å². The predicted molar refractivity (Wildman–Crippen MR) is 74.4 cm³/mol. The first-order valence-electron chi connectivity index (χ1n) is 5.97. The molecule has 0 atom stereocenters. The minimum atomic E-state index is -2.39. The second kappa shape index (κ2) is 10.8. The third-order valence-corrected chi connectivity index (χ3v) is 16.5. The number of hydrogen-bond donors (Lipinski definition) is 0. The van der Waals surface area contributed by atoms with Gasteiger partial charge in [-0.15, -0.1) is 0 Å². The molecule has 0 saturated heterocycles. The molecule has 0 spiro atoms. The molecule has 0 N–H and O–H groups in total. The van der Waals surface area contributed by atoms with Crippen molar-refractivity contribution in [3.05, 3.63) is 20.8 Å². The first-order valence-corrected chi connectivity index (χ1v) is 13.8. The Morgan fingerprint density at radius 3 is 1.44 bits per heavy atom. The van der Waals surface area contributed by atoms with Crippen LogP contribution in [0.15, 0.2) is 0 Å². The Kier molecular flexibility index (Phi) is 11.2. The van der Waals surface area contributed by atoms with Crippen molar-refractivity contribution in [2.24, 2.45) is 0 Å². The normalized spacial score (nSPS) is 11.0. The van der Waals surface area contributed by atoms with Crippen molar-refractivity contribution in [3.8, 4) is 9.32 Å².